The summed E-state index contributed by atoms with van der Waals surface area (Å²) in [7, 11) is 0. The third kappa shape index (κ3) is 6.31. The van der Waals surface area contributed by atoms with Crippen LogP contribution in [-0.4, -0.2) is 46.4 Å². The average molecular weight is 415 g/mol. The van der Waals surface area contributed by atoms with E-state index in [-0.39, 0.29) is 18.2 Å². The standard InChI is InChI=1S/C24H34N2O4/c27-22(15-14-18-9-3-1-4-10-18)26-16-8-7-13-21(26)23(28)25-20(24(29)30)17-19-11-5-2-6-12-19/h2,5-6,11-12,18,20-21H,1,3-4,7-10,13-17H2,(H,25,28)(H,29,30)/t20-,21-/m0/s1. The van der Waals surface area contributed by atoms with Crippen LogP contribution in [0.1, 0.15) is 69.8 Å². The fourth-order valence-electron chi connectivity index (χ4n) is 4.77. The average Bonchev–Trinajstić information content (AvgIpc) is 2.78. The van der Waals surface area contributed by atoms with E-state index in [9.17, 15) is 19.5 Å². The number of hydrogen-bond acceptors (Lipinski definition) is 3. The van der Waals surface area contributed by atoms with Crippen LogP contribution >= 0.6 is 0 Å². The van der Waals surface area contributed by atoms with Gasteiger partial charge in [-0.3, -0.25) is 9.59 Å². The van der Waals surface area contributed by atoms with Gasteiger partial charge in [0, 0.05) is 19.4 Å². The minimum Gasteiger partial charge on any atom is -0.480 e. The fourth-order valence-corrected chi connectivity index (χ4v) is 4.77. The predicted octanol–water partition coefficient (Wildman–Crippen LogP) is 3.54. The van der Waals surface area contributed by atoms with Crippen molar-refractivity contribution in [3.63, 3.8) is 0 Å². The van der Waals surface area contributed by atoms with Crippen molar-refractivity contribution in [2.24, 2.45) is 5.92 Å². The van der Waals surface area contributed by atoms with Crippen molar-refractivity contribution in [2.45, 2.75) is 82.7 Å². The van der Waals surface area contributed by atoms with Crippen LogP contribution in [-0.2, 0) is 20.8 Å². The Kier molecular flexibility index (Phi) is 8.29. The van der Waals surface area contributed by atoms with Gasteiger partial charge in [-0.15, -0.1) is 0 Å². The maximum atomic E-state index is 13.0. The Bertz CT molecular complexity index is 715. The summed E-state index contributed by atoms with van der Waals surface area (Å²) in [6.07, 6.45) is 10.2. The number of nitrogens with zero attached hydrogens (tertiary/aromatic N) is 1. The molecule has 1 aliphatic heterocycles. The molecule has 164 valence electrons. The molecular formula is C24H34N2O4. The number of piperidine rings is 1. The van der Waals surface area contributed by atoms with Crippen molar-refractivity contribution in [1.29, 1.82) is 0 Å². The van der Waals surface area contributed by atoms with Gasteiger partial charge in [-0.2, -0.15) is 0 Å². The second-order valence-corrected chi connectivity index (χ2v) is 8.73. The maximum absolute atomic E-state index is 13.0. The molecule has 2 atom stereocenters. The number of likely N-dealkylation sites (tertiary alicyclic amines) is 1. The van der Waals surface area contributed by atoms with Gasteiger partial charge in [-0.1, -0.05) is 62.4 Å². The van der Waals surface area contributed by atoms with Crippen LogP contribution in [0.4, 0.5) is 0 Å². The molecule has 0 aromatic heterocycles. The first-order valence-corrected chi connectivity index (χ1v) is 11.4. The molecule has 0 bridgehead atoms. The minimum atomic E-state index is -1.06. The Morgan fingerprint density at radius 3 is 2.40 bits per heavy atom. The van der Waals surface area contributed by atoms with Gasteiger partial charge in [0.15, 0.2) is 0 Å². The first-order valence-electron chi connectivity index (χ1n) is 11.4. The monoisotopic (exact) mass is 414 g/mol. The largest absolute Gasteiger partial charge is 0.480 e. The van der Waals surface area contributed by atoms with Gasteiger partial charge in [0.2, 0.25) is 11.8 Å². The molecular weight excluding hydrogens is 380 g/mol. The molecule has 6 nitrogen and oxygen atoms in total. The Labute approximate surface area is 179 Å². The quantitative estimate of drug-likeness (QED) is 0.681. The Morgan fingerprint density at radius 2 is 1.70 bits per heavy atom. The van der Waals surface area contributed by atoms with Crippen molar-refractivity contribution in [1.82, 2.24) is 10.2 Å². The molecule has 2 aliphatic rings. The van der Waals surface area contributed by atoms with Crippen LogP contribution in [0.3, 0.4) is 0 Å². The fraction of sp³-hybridized carbons (Fsp3) is 0.625. The Morgan fingerprint density at radius 1 is 1.00 bits per heavy atom. The van der Waals surface area contributed by atoms with E-state index in [1.807, 2.05) is 30.3 Å². The van der Waals surface area contributed by atoms with E-state index in [0.29, 0.717) is 25.3 Å². The lowest BCUT2D eigenvalue weighted by Gasteiger charge is -2.36. The van der Waals surface area contributed by atoms with Crippen LogP contribution in [0.25, 0.3) is 0 Å². The van der Waals surface area contributed by atoms with Gasteiger partial charge >= 0.3 is 5.97 Å². The number of carboxylic acids is 1. The molecule has 1 heterocycles. The van der Waals surface area contributed by atoms with Gasteiger partial charge in [0.25, 0.3) is 0 Å². The number of hydrogen-bond donors (Lipinski definition) is 2. The van der Waals surface area contributed by atoms with E-state index in [2.05, 4.69) is 5.32 Å². The first kappa shape index (κ1) is 22.3. The number of amides is 2. The van der Waals surface area contributed by atoms with Crippen molar-refractivity contribution < 1.29 is 19.5 Å². The van der Waals surface area contributed by atoms with Crippen LogP contribution < -0.4 is 5.32 Å². The number of carbonyl (C=O) groups excluding carboxylic acids is 2. The van der Waals surface area contributed by atoms with Gasteiger partial charge < -0.3 is 15.3 Å². The molecule has 1 saturated carbocycles. The zero-order chi connectivity index (χ0) is 21.3. The maximum Gasteiger partial charge on any atom is 0.326 e. The van der Waals surface area contributed by atoms with Gasteiger partial charge in [0.05, 0.1) is 0 Å². The summed E-state index contributed by atoms with van der Waals surface area (Å²) in [4.78, 5) is 39.3. The number of rotatable bonds is 8. The summed E-state index contributed by atoms with van der Waals surface area (Å²) in [6, 6.07) is 7.72. The van der Waals surface area contributed by atoms with E-state index in [1.165, 1.54) is 32.1 Å². The summed E-state index contributed by atoms with van der Waals surface area (Å²) in [5.41, 5.74) is 0.856. The lowest BCUT2D eigenvalue weighted by molar-refractivity contribution is -0.146. The van der Waals surface area contributed by atoms with E-state index in [4.69, 9.17) is 0 Å². The first-order chi connectivity index (χ1) is 14.5. The van der Waals surface area contributed by atoms with Crippen molar-refractivity contribution in [3.8, 4) is 0 Å². The Balaban J connectivity index is 1.58. The van der Waals surface area contributed by atoms with E-state index >= 15 is 0 Å². The molecule has 3 rings (SSSR count). The van der Waals surface area contributed by atoms with Crippen molar-refractivity contribution in [3.05, 3.63) is 35.9 Å². The zero-order valence-corrected chi connectivity index (χ0v) is 17.7. The molecule has 0 unspecified atom stereocenters. The summed E-state index contributed by atoms with van der Waals surface area (Å²) >= 11 is 0. The highest BCUT2D eigenvalue weighted by Crippen LogP contribution is 2.28. The van der Waals surface area contributed by atoms with Gasteiger partial charge in [0.1, 0.15) is 12.1 Å². The van der Waals surface area contributed by atoms with Crippen LogP contribution in [0, 0.1) is 5.92 Å². The SMILES string of the molecule is O=C(O)[C@H](Cc1ccccc1)NC(=O)[C@@H]1CCCCN1C(=O)CCC1CCCCC1. The summed E-state index contributed by atoms with van der Waals surface area (Å²) in [5.74, 6) is -0.736. The highest BCUT2D eigenvalue weighted by atomic mass is 16.4. The number of benzene rings is 1. The zero-order valence-electron chi connectivity index (χ0n) is 17.7. The Hall–Kier alpha value is -2.37. The summed E-state index contributed by atoms with van der Waals surface area (Å²) in [5, 5.41) is 12.3. The lowest BCUT2D eigenvalue weighted by atomic mass is 9.86. The molecule has 0 radical (unpaired) electrons. The molecule has 2 amide bonds. The molecule has 1 aromatic carbocycles. The number of carbonyl (C=O) groups is 3. The molecule has 2 N–H and O–H groups in total. The third-order valence-electron chi connectivity index (χ3n) is 6.51. The number of aliphatic carboxylic acids is 1. The van der Waals surface area contributed by atoms with Crippen LogP contribution in [0.2, 0.25) is 0 Å². The number of nitrogens with one attached hydrogen (secondary N) is 1. The molecule has 1 aliphatic carbocycles. The van der Waals surface area contributed by atoms with E-state index in [0.717, 1.165) is 24.8 Å². The van der Waals surface area contributed by atoms with E-state index in [1.54, 1.807) is 4.90 Å². The molecule has 1 aromatic rings. The molecule has 2 fully saturated rings. The highest BCUT2D eigenvalue weighted by Gasteiger charge is 2.34. The third-order valence-corrected chi connectivity index (χ3v) is 6.51. The van der Waals surface area contributed by atoms with Crippen LogP contribution in [0.15, 0.2) is 30.3 Å². The minimum absolute atomic E-state index is 0.0374. The molecule has 1 saturated heterocycles. The summed E-state index contributed by atoms with van der Waals surface area (Å²) < 4.78 is 0. The second-order valence-electron chi connectivity index (χ2n) is 8.73. The smallest absolute Gasteiger partial charge is 0.326 e. The van der Waals surface area contributed by atoms with E-state index < -0.39 is 18.1 Å². The second kappa shape index (κ2) is 11.1. The van der Waals surface area contributed by atoms with Crippen molar-refractivity contribution in [2.75, 3.05) is 6.54 Å². The summed E-state index contributed by atoms with van der Waals surface area (Å²) in [6.45, 7) is 0.581. The van der Waals surface area contributed by atoms with Crippen LogP contribution in [0.5, 0.6) is 0 Å². The number of carboxylic acid groups (broad SMARTS) is 1. The van der Waals surface area contributed by atoms with Crippen molar-refractivity contribution >= 4 is 17.8 Å². The van der Waals surface area contributed by atoms with Gasteiger partial charge in [-0.25, -0.2) is 4.79 Å². The highest BCUT2D eigenvalue weighted by molar-refractivity contribution is 5.90. The topological polar surface area (TPSA) is 86.7 Å². The molecule has 0 spiro atoms. The molecule has 30 heavy (non-hydrogen) atoms. The van der Waals surface area contributed by atoms with Gasteiger partial charge in [-0.05, 0) is 37.2 Å². The normalized spacial score (nSPS) is 21.1. The predicted molar refractivity (Wildman–Crippen MR) is 115 cm³/mol. The lowest BCUT2D eigenvalue weighted by Crippen LogP contribution is -2.55. The molecule has 6 heteroatoms.